The van der Waals surface area contributed by atoms with Crippen LogP contribution in [0.3, 0.4) is 0 Å². The molecule has 2 aromatic rings. The molecule has 2 rings (SSSR count). The molecule has 0 bridgehead atoms. The Labute approximate surface area is 128 Å². The second-order valence-electron chi connectivity index (χ2n) is 5.46. The number of rotatable bonds is 6. The highest BCUT2D eigenvalue weighted by molar-refractivity contribution is 5.41. The number of hydrogen-bond acceptors (Lipinski definition) is 2. The third-order valence-corrected chi connectivity index (χ3v) is 3.69. The molecule has 0 saturated carbocycles. The first-order valence-corrected chi connectivity index (χ1v) is 7.72. The molecule has 112 valence electrons. The Hall–Kier alpha value is -1.80. The Morgan fingerprint density at radius 2 is 1.86 bits per heavy atom. The Bertz CT molecular complexity index is 592. The van der Waals surface area contributed by atoms with Crippen LogP contribution in [0, 0.1) is 13.8 Å². The summed E-state index contributed by atoms with van der Waals surface area (Å²) >= 11 is 0. The fourth-order valence-electron chi connectivity index (χ4n) is 2.48. The Kier molecular flexibility index (Phi) is 5.40. The van der Waals surface area contributed by atoms with Gasteiger partial charge in [-0.2, -0.15) is 0 Å². The van der Waals surface area contributed by atoms with E-state index in [2.05, 4.69) is 69.4 Å². The number of aryl methyl sites for hydroxylation is 2. The van der Waals surface area contributed by atoms with Crippen molar-refractivity contribution in [3.05, 3.63) is 59.2 Å². The van der Waals surface area contributed by atoms with Crippen LogP contribution in [0.25, 0.3) is 0 Å². The Morgan fingerprint density at radius 1 is 1.05 bits per heavy atom. The maximum atomic E-state index is 6.08. The van der Waals surface area contributed by atoms with Gasteiger partial charge < -0.3 is 10.1 Å². The van der Waals surface area contributed by atoms with Gasteiger partial charge in [0.25, 0.3) is 0 Å². The third-order valence-electron chi connectivity index (χ3n) is 3.69. The topological polar surface area (TPSA) is 21.3 Å². The van der Waals surface area contributed by atoms with E-state index in [1.165, 1.54) is 11.1 Å². The molecule has 0 amide bonds. The van der Waals surface area contributed by atoms with E-state index in [1.54, 1.807) is 0 Å². The average molecular weight is 283 g/mol. The highest BCUT2D eigenvalue weighted by Crippen LogP contribution is 2.28. The maximum absolute atomic E-state index is 6.08. The zero-order valence-corrected chi connectivity index (χ0v) is 13.4. The summed E-state index contributed by atoms with van der Waals surface area (Å²) in [5.74, 6) is 1.83. The van der Waals surface area contributed by atoms with E-state index in [9.17, 15) is 0 Å². The third kappa shape index (κ3) is 4.08. The molecular formula is C19H25NO. The summed E-state index contributed by atoms with van der Waals surface area (Å²) in [4.78, 5) is 0. The van der Waals surface area contributed by atoms with Crippen molar-refractivity contribution >= 4 is 0 Å². The second-order valence-corrected chi connectivity index (χ2v) is 5.46. The fraction of sp³-hybridized carbons (Fsp3) is 0.368. The summed E-state index contributed by atoms with van der Waals surface area (Å²) in [6, 6.07) is 15.1. The molecule has 0 heterocycles. The standard InChI is InChI=1S/C19H25NO/c1-5-18(20-6-2)16-8-7-9-17(13-16)21-19-12-14(3)10-11-15(19)4/h7-13,18,20H,5-6H2,1-4H3. The molecule has 1 atom stereocenters. The van der Waals surface area contributed by atoms with E-state index in [0.29, 0.717) is 6.04 Å². The van der Waals surface area contributed by atoms with Crippen LogP contribution in [-0.2, 0) is 0 Å². The van der Waals surface area contributed by atoms with Crippen molar-refractivity contribution in [1.82, 2.24) is 5.32 Å². The summed E-state index contributed by atoms with van der Waals surface area (Å²) in [5.41, 5.74) is 3.65. The minimum Gasteiger partial charge on any atom is -0.457 e. The monoisotopic (exact) mass is 283 g/mol. The van der Waals surface area contributed by atoms with Gasteiger partial charge >= 0.3 is 0 Å². The van der Waals surface area contributed by atoms with Crippen molar-refractivity contribution in [2.75, 3.05) is 6.54 Å². The number of ether oxygens (including phenoxy) is 1. The summed E-state index contributed by atoms with van der Waals surface area (Å²) in [6.07, 6.45) is 1.07. The van der Waals surface area contributed by atoms with E-state index in [1.807, 2.05) is 6.07 Å². The number of nitrogens with one attached hydrogen (secondary N) is 1. The van der Waals surface area contributed by atoms with Gasteiger partial charge in [0.2, 0.25) is 0 Å². The quantitative estimate of drug-likeness (QED) is 0.791. The molecule has 0 aliphatic heterocycles. The molecule has 2 heteroatoms. The van der Waals surface area contributed by atoms with Crippen LogP contribution in [0.15, 0.2) is 42.5 Å². The Morgan fingerprint density at radius 3 is 2.57 bits per heavy atom. The van der Waals surface area contributed by atoms with Crippen molar-refractivity contribution in [2.24, 2.45) is 0 Å². The average Bonchev–Trinajstić information content (AvgIpc) is 2.49. The van der Waals surface area contributed by atoms with Gasteiger partial charge in [-0.3, -0.25) is 0 Å². The maximum Gasteiger partial charge on any atom is 0.130 e. The lowest BCUT2D eigenvalue weighted by Gasteiger charge is -2.17. The molecule has 0 saturated heterocycles. The molecular weight excluding hydrogens is 258 g/mol. The van der Waals surface area contributed by atoms with Crippen molar-refractivity contribution in [3.63, 3.8) is 0 Å². The van der Waals surface area contributed by atoms with Gasteiger partial charge in [-0.1, -0.05) is 38.1 Å². The van der Waals surface area contributed by atoms with Crippen molar-refractivity contribution in [2.45, 2.75) is 40.2 Å². The zero-order valence-electron chi connectivity index (χ0n) is 13.4. The normalized spacial score (nSPS) is 12.2. The smallest absolute Gasteiger partial charge is 0.130 e. The molecule has 0 aliphatic carbocycles. The van der Waals surface area contributed by atoms with Crippen LogP contribution in [0.5, 0.6) is 11.5 Å². The Balaban J connectivity index is 2.23. The SMILES string of the molecule is CCNC(CC)c1cccc(Oc2cc(C)ccc2C)c1. The minimum absolute atomic E-state index is 0.386. The molecule has 2 aromatic carbocycles. The van der Waals surface area contributed by atoms with E-state index in [-0.39, 0.29) is 0 Å². The molecule has 0 aliphatic rings. The van der Waals surface area contributed by atoms with Gasteiger partial charge in [0.1, 0.15) is 11.5 Å². The lowest BCUT2D eigenvalue weighted by Crippen LogP contribution is -2.19. The predicted octanol–water partition coefficient (Wildman–Crippen LogP) is 5.16. The first-order valence-electron chi connectivity index (χ1n) is 7.72. The zero-order chi connectivity index (χ0) is 15.2. The van der Waals surface area contributed by atoms with Crippen LogP contribution in [-0.4, -0.2) is 6.54 Å². The lowest BCUT2D eigenvalue weighted by atomic mass is 10.0. The van der Waals surface area contributed by atoms with Crippen molar-refractivity contribution in [1.29, 1.82) is 0 Å². The molecule has 1 N–H and O–H groups in total. The molecule has 0 fully saturated rings. The van der Waals surface area contributed by atoms with Gasteiger partial charge in [0.15, 0.2) is 0 Å². The van der Waals surface area contributed by atoms with E-state index in [0.717, 1.165) is 30.0 Å². The van der Waals surface area contributed by atoms with Crippen LogP contribution >= 0.6 is 0 Å². The van der Waals surface area contributed by atoms with Crippen molar-refractivity contribution in [3.8, 4) is 11.5 Å². The summed E-state index contributed by atoms with van der Waals surface area (Å²) in [6.45, 7) is 9.47. The van der Waals surface area contributed by atoms with E-state index in [4.69, 9.17) is 4.74 Å². The van der Waals surface area contributed by atoms with E-state index >= 15 is 0 Å². The number of hydrogen-bond donors (Lipinski definition) is 1. The van der Waals surface area contributed by atoms with Gasteiger partial charge in [-0.05, 0) is 61.7 Å². The van der Waals surface area contributed by atoms with Crippen LogP contribution in [0.1, 0.15) is 43.0 Å². The molecule has 21 heavy (non-hydrogen) atoms. The molecule has 2 nitrogen and oxygen atoms in total. The number of benzene rings is 2. The van der Waals surface area contributed by atoms with Crippen LogP contribution in [0.4, 0.5) is 0 Å². The molecule has 0 spiro atoms. The van der Waals surface area contributed by atoms with Gasteiger partial charge in [0.05, 0.1) is 0 Å². The molecule has 0 aromatic heterocycles. The predicted molar refractivity (Wildman–Crippen MR) is 89.1 cm³/mol. The summed E-state index contributed by atoms with van der Waals surface area (Å²) in [7, 11) is 0. The lowest BCUT2D eigenvalue weighted by molar-refractivity contribution is 0.474. The van der Waals surface area contributed by atoms with Gasteiger partial charge in [-0.25, -0.2) is 0 Å². The van der Waals surface area contributed by atoms with Crippen LogP contribution < -0.4 is 10.1 Å². The molecule has 1 unspecified atom stereocenters. The van der Waals surface area contributed by atoms with Gasteiger partial charge in [0, 0.05) is 6.04 Å². The minimum atomic E-state index is 0.386. The largest absolute Gasteiger partial charge is 0.457 e. The highest BCUT2D eigenvalue weighted by atomic mass is 16.5. The summed E-state index contributed by atoms with van der Waals surface area (Å²) in [5, 5.41) is 3.50. The van der Waals surface area contributed by atoms with E-state index < -0.39 is 0 Å². The first-order chi connectivity index (χ1) is 10.1. The summed E-state index contributed by atoms with van der Waals surface area (Å²) < 4.78 is 6.08. The molecule has 0 radical (unpaired) electrons. The van der Waals surface area contributed by atoms with Crippen LogP contribution in [0.2, 0.25) is 0 Å². The first kappa shape index (κ1) is 15.6. The fourth-order valence-corrected chi connectivity index (χ4v) is 2.48. The van der Waals surface area contributed by atoms with Gasteiger partial charge in [-0.15, -0.1) is 0 Å². The second kappa shape index (κ2) is 7.28. The highest BCUT2D eigenvalue weighted by Gasteiger charge is 2.09. The van der Waals surface area contributed by atoms with Crippen molar-refractivity contribution < 1.29 is 4.74 Å².